The molecule has 1 aromatic rings. The Morgan fingerprint density at radius 3 is 2.47 bits per heavy atom. The predicted octanol–water partition coefficient (Wildman–Crippen LogP) is 3.05. The molecule has 3 nitrogen and oxygen atoms in total. The lowest BCUT2D eigenvalue weighted by Gasteiger charge is -2.18. The molecule has 0 amide bonds. The highest BCUT2D eigenvalue weighted by Gasteiger charge is 2.16. The molecule has 86 valence electrons. The highest BCUT2D eigenvalue weighted by atomic mass is 32.1. The van der Waals surface area contributed by atoms with Crippen LogP contribution in [0.5, 0.6) is 0 Å². The zero-order valence-electron chi connectivity index (χ0n) is 10.0. The number of ether oxygens (including phenoxy) is 1. The van der Waals surface area contributed by atoms with Crippen molar-refractivity contribution in [3.05, 3.63) is 16.6 Å². The monoisotopic (exact) mass is 229 g/mol. The van der Waals surface area contributed by atoms with Crippen LogP contribution in [-0.4, -0.2) is 16.6 Å². The zero-order chi connectivity index (χ0) is 11.9. The zero-order valence-corrected chi connectivity index (χ0v) is 10.9. The second-order valence-electron chi connectivity index (χ2n) is 3.73. The third kappa shape index (κ3) is 7.08. The van der Waals surface area contributed by atoms with Crippen LogP contribution in [0.2, 0.25) is 0 Å². The van der Waals surface area contributed by atoms with Crippen molar-refractivity contribution >= 4 is 17.3 Å². The van der Waals surface area contributed by atoms with E-state index in [2.05, 4.69) is 4.98 Å². The van der Waals surface area contributed by atoms with Gasteiger partial charge in [-0.15, -0.1) is 11.3 Å². The van der Waals surface area contributed by atoms with Gasteiger partial charge in [-0.3, -0.25) is 9.78 Å². The van der Waals surface area contributed by atoms with Gasteiger partial charge >= 0.3 is 5.97 Å². The van der Waals surface area contributed by atoms with Crippen LogP contribution >= 0.6 is 11.3 Å². The number of aromatic nitrogens is 1. The van der Waals surface area contributed by atoms with E-state index in [-0.39, 0.29) is 5.97 Å². The first-order chi connectivity index (χ1) is 6.97. The summed E-state index contributed by atoms with van der Waals surface area (Å²) in [4.78, 5) is 16.1. The van der Waals surface area contributed by atoms with Gasteiger partial charge in [-0.2, -0.15) is 0 Å². The normalized spacial score (nSPS) is 10.2. The minimum Gasteiger partial charge on any atom is -0.460 e. The highest BCUT2D eigenvalue weighted by molar-refractivity contribution is 7.09. The average Bonchev–Trinajstić information content (AvgIpc) is 2.57. The van der Waals surface area contributed by atoms with Gasteiger partial charge in [0.25, 0.3) is 0 Å². The number of hydrogen-bond acceptors (Lipinski definition) is 4. The summed E-state index contributed by atoms with van der Waals surface area (Å²) in [7, 11) is 0. The minimum absolute atomic E-state index is 0.197. The Bertz CT molecular complexity index is 275. The van der Waals surface area contributed by atoms with Gasteiger partial charge in [0.1, 0.15) is 5.60 Å². The Labute approximate surface area is 95.5 Å². The number of hydrogen-bond donors (Lipinski definition) is 0. The summed E-state index contributed by atoms with van der Waals surface area (Å²) in [6.45, 7) is 9.58. The molecule has 1 aromatic heterocycles. The Morgan fingerprint density at radius 1 is 1.47 bits per heavy atom. The molecule has 0 aromatic carbocycles. The van der Waals surface area contributed by atoms with E-state index < -0.39 is 5.60 Å². The van der Waals surface area contributed by atoms with Crippen LogP contribution in [0.25, 0.3) is 0 Å². The summed E-state index contributed by atoms with van der Waals surface area (Å²) in [6, 6.07) is 0. The second-order valence-corrected chi connectivity index (χ2v) is 4.70. The first kappa shape index (κ1) is 14.1. The second kappa shape index (κ2) is 6.56. The van der Waals surface area contributed by atoms with Gasteiger partial charge in [0.15, 0.2) is 0 Å². The standard InChI is InChI=1S/C9H13NO2S.C2H6/c1-9(2,3)12-8(11)4-7-5-10-6-13-7;1-2/h5-6H,4H2,1-3H3;1-2H3. The molecule has 15 heavy (non-hydrogen) atoms. The van der Waals surface area contributed by atoms with Gasteiger partial charge in [-0.25, -0.2) is 0 Å². The van der Waals surface area contributed by atoms with Gasteiger partial charge < -0.3 is 4.74 Å². The molecular formula is C11H19NO2S. The molecule has 0 aliphatic heterocycles. The van der Waals surface area contributed by atoms with Crippen molar-refractivity contribution in [2.24, 2.45) is 0 Å². The summed E-state index contributed by atoms with van der Waals surface area (Å²) >= 11 is 1.47. The molecule has 0 unspecified atom stereocenters. The van der Waals surface area contributed by atoms with E-state index >= 15 is 0 Å². The molecule has 0 atom stereocenters. The number of carbonyl (C=O) groups is 1. The van der Waals surface area contributed by atoms with E-state index in [0.717, 1.165) is 4.88 Å². The van der Waals surface area contributed by atoms with E-state index in [0.29, 0.717) is 6.42 Å². The smallest absolute Gasteiger partial charge is 0.311 e. The quantitative estimate of drug-likeness (QED) is 0.732. The molecule has 0 aliphatic carbocycles. The fraction of sp³-hybridized carbons (Fsp3) is 0.636. The molecule has 0 fully saturated rings. The van der Waals surface area contributed by atoms with Crippen molar-refractivity contribution in [2.45, 2.75) is 46.6 Å². The number of esters is 1. The highest BCUT2D eigenvalue weighted by Crippen LogP contribution is 2.11. The van der Waals surface area contributed by atoms with Gasteiger partial charge in [0.05, 0.1) is 11.9 Å². The Kier molecular flexibility index (Phi) is 6.17. The topological polar surface area (TPSA) is 39.2 Å². The average molecular weight is 229 g/mol. The molecule has 0 bridgehead atoms. The van der Waals surface area contributed by atoms with Crippen LogP contribution in [0.15, 0.2) is 11.7 Å². The summed E-state index contributed by atoms with van der Waals surface area (Å²) in [5.74, 6) is -0.197. The maximum Gasteiger partial charge on any atom is 0.311 e. The van der Waals surface area contributed by atoms with E-state index in [1.807, 2.05) is 34.6 Å². The minimum atomic E-state index is -0.401. The van der Waals surface area contributed by atoms with Gasteiger partial charge in [-0.05, 0) is 20.8 Å². The van der Waals surface area contributed by atoms with E-state index in [4.69, 9.17) is 4.74 Å². The molecule has 0 aliphatic rings. The molecule has 1 rings (SSSR count). The fourth-order valence-electron chi connectivity index (χ4n) is 0.849. The number of carbonyl (C=O) groups excluding carboxylic acids is 1. The van der Waals surface area contributed by atoms with E-state index in [9.17, 15) is 4.79 Å². The summed E-state index contributed by atoms with van der Waals surface area (Å²) in [6.07, 6.45) is 2.01. The van der Waals surface area contributed by atoms with Crippen molar-refractivity contribution in [3.8, 4) is 0 Å². The number of thiazole rings is 1. The van der Waals surface area contributed by atoms with Gasteiger partial charge in [-0.1, -0.05) is 13.8 Å². The maximum absolute atomic E-state index is 11.3. The van der Waals surface area contributed by atoms with E-state index in [1.165, 1.54) is 11.3 Å². The van der Waals surface area contributed by atoms with Crippen molar-refractivity contribution in [3.63, 3.8) is 0 Å². The van der Waals surface area contributed by atoms with Crippen molar-refractivity contribution in [2.75, 3.05) is 0 Å². The third-order valence-corrected chi connectivity index (χ3v) is 2.00. The SMILES string of the molecule is CC.CC(C)(C)OC(=O)Cc1cncs1. The van der Waals surface area contributed by atoms with Crippen LogP contribution in [0.1, 0.15) is 39.5 Å². The lowest BCUT2D eigenvalue weighted by atomic mass is 10.2. The lowest BCUT2D eigenvalue weighted by molar-refractivity contribution is -0.153. The molecule has 0 spiro atoms. The van der Waals surface area contributed by atoms with Crippen LogP contribution in [0.4, 0.5) is 0 Å². The Hall–Kier alpha value is -0.900. The van der Waals surface area contributed by atoms with Crippen LogP contribution in [0, 0.1) is 0 Å². The van der Waals surface area contributed by atoms with E-state index in [1.54, 1.807) is 11.7 Å². The molecule has 0 radical (unpaired) electrons. The van der Waals surface area contributed by atoms with Gasteiger partial charge in [0, 0.05) is 11.1 Å². The molecule has 0 saturated carbocycles. The Balaban J connectivity index is 0.000000921. The molecule has 0 N–H and O–H groups in total. The largest absolute Gasteiger partial charge is 0.460 e. The first-order valence-electron chi connectivity index (χ1n) is 5.06. The molecular weight excluding hydrogens is 210 g/mol. The summed E-state index contributed by atoms with van der Waals surface area (Å²) in [5, 5.41) is 0. The van der Waals surface area contributed by atoms with Crippen molar-refractivity contribution in [1.82, 2.24) is 4.98 Å². The number of rotatable bonds is 2. The summed E-state index contributed by atoms with van der Waals surface area (Å²) < 4.78 is 5.15. The Morgan fingerprint density at radius 2 is 2.07 bits per heavy atom. The lowest BCUT2D eigenvalue weighted by Crippen LogP contribution is -2.24. The van der Waals surface area contributed by atoms with Crippen LogP contribution < -0.4 is 0 Å². The third-order valence-electron chi connectivity index (χ3n) is 1.22. The van der Waals surface area contributed by atoms with Crippen LogP contribution in [-0.2, 0) is 16.0 Å². The van der Waals surface area contributed by atoms with Crippen molar-refractivity contribution < 1.29 is 9.53 Å². The first-order valence-corrected chi connectivity index (χ1v) is 5.94. The predicted molar refractivity (Wildman–Crippen MR) is 63.0 cm³/mol. The molecule has 0 saturated heterocycles. The fourth-order valence-corrected chi connectivity index (χ4v) is 1.43. The molecule has 1 heterocycles. The summed E-state index contributed by atoms with van der Waals surface area (Å²) in [5.41, 5.74) is 1.31. The number of nitrogens with zero attached hydrogens (tertiary/aromatic N) is 1. The van der Waals surface area contributed by atoms with Gasteiger partial charge in [0.2, 0.25) is 0 Å². The van der Waals surface area contributed by atoms with Crippen LogP contribution in [0.3, 0.4) is 0 Å². The molecule has 4 heteroatoms. The maximum atomic E-state index is 11.3. The van der Waals surface area contributed by atoms with Crippen molar-refractivity contribution in [1.29, 1.82) is 0 Å².